The fourth-order valence-electron chi connectivity index (χ4n) is 3.37. The van der Waals surface area contributed by atoms with E-state index in [-0.39, 0.29) is 36.3 Å². The number of aromatic amines is 1. The summed E-state index contributed by atoms with van der Waals surface area (Å²) in [5.41, 5.74) is 8.85. The number of halogens is 1. The van der Waals surface area contributed by atoms with Crippen LogP contribution in [0.25, 0.3) is 11.2 Å². The van der Waals surface area contributed by atoms with Crippen molar-refractivity contribution < 1.29 is 13.9 Å². The standard InChI is InChI=1S/C22H20FN5O3/c1-31-18(29)11-14-3-2-4-15(9-14)12-28-21-19(27-22(28)30)20(24)25-17(26-21)10-13-5-7-16(23)8-6-13/h2-9H,10-12H2,1H3,(H,27,30)(H2,24,25,26). The fourth-order valence-corrected chi connectivity index (χ4v) is 3.37. The maximum atomic E-state index is 13.2. The van der Waals surface area contributed by atoms with E-state index in [4.69, 9.17) is 10.5 Å². The van der Waals surface area contributed by atoms with Crippen LogP contribution >= 0.6 is 0 Å². The van der Waals surface area contributed by atoms with Gasteiger partial charge in [-0.3, -0.25) is 9.36 Å². The van der Waals surface area contributed by atoms with Crippen LogP contribution in [0.4, 0.5) is 10.2 Å². The Balaban J connectivity index is 1.68. The van der Waals surface area contributed by atoms with Gasteiger partial charge in [-0.15, -0.1) is 0 Å². The smallest absolute Gasteiger partial charge is 0.328 e. The highest BCUT2D eigenvalue weighted by Crippen LogP contribution is 2.18. The summed E-state index contributed by atoms with van der Waals surface area (Å²) in [4.78, 5) is 35.6. The predicted molar refractivity (Wildman–Crippen MR) is 113 cm³/mol. The number of ether oxygens (including phenoxy) is 1. The molecule has 9 heteroatoms. The number of nitrogen functional groups attached to an aromatic ring is 1. The molecule has 2 aromatic carbocycles. The minimum absolute atomic E-state index is 0.143. The molecule has 158 valence electrons. The molecule has 0 radical (unpaired) electrons. The van der Waals surface area contributed by atoms with Gasteiger partial charge in [-0.25, -0.2) is 19.2 Å². The Kier molecular flexibility index (Phi) is 5.48. The van der Waals surface area contributed by atoms with Crippen LogP contribution in [0.3, 0.4) is 0 Å². The molecule has 0 bridgehead atoms. The number of nitrogens with one attached hydrogen (secondary N) is 1. The third-order valence-corrected chi connectivity index (χ3v) is 4.88. The zero-order valence-electron chi connectivity index (χ0n) is 16.8. The van der Waals surface area contributed by atoms with E-state index in [2.05, 4.69) is 15.0 Å². The summed E-state index contributed by atoms with van der Waals surface area (Å²) in [5.74, 6) is -0.0814. The summed E-state index contributed by atoms with van der Waals surface area (Å²) in [6.07, 6.45) is 0.485. The molecule has 0 saturated heterocycles. The monoisotopic (exact) mass is 421 g/mol. The van der Waals surface area contributed by atoms with E-state index in [1.165, 1.54) is 23.8 Å². The van der Waals surface area contributed by atoms with Crippen molar-refractivity contribution in [1.82, 2.24) is 19.5 Å². The molecule has 4 rings (SSSR count). The summed E-state index contributed by atoms with van der Waals surface area (Å²) >= 11 is 0. The highest BCUT2D eigenvalue weighted by atomic mass is 19.1. The first kappa shape index (κ1) is 20.3. The number of fused-ring (bicyclic) bond motifs is 1. The summed E-state index contributed by atoms with van der Waals surface area (Å²) in [7, 11) is 1.34. The zero-order chi connectivity index (χ0) is 22.0. The van der Waals surface area contributed by atoms with Crippen LogP contribution in [0.2, 0.25) is 0 Å². The van der Waals surface area contributed by atoms with E-state index in [9.17, 15) is 14.0 Å². The van der Waals surface area contributed by atoms with Gasteiger partial charge in [-0.1, -0.05) is 36.4 Å². The lowest BCUT2D eigenvalue weighted by Crippen LogP contribution is -2.18. The third kappa shape index (κ3) is 4.45. The molecule has 0 amide bonds. The fraction of sp³-hybridized carbons (Fsp3) is 0.182. The van der Waals surface area contributed by atoms with Crippen LogP contribution in [0.1, 0.15) is 22.5 Å². The third-order valence-electron chi connectivity index (χ3n) is 4.88. The van der Waals surface area contributed by atoms with E-state index in [1.54, 1.807) is 12.1 Å². The Bertz CT molecular complexity index is 1310. The highest BCUT2D eigenvalue weighted by Gasteiger charge is 2.15. The first-order chi connectivity index (χ1) is 14.9. The molecule has 0 unspecified atom stereocenters. The summed E-state index contributed by atoms with van der Waals surface area (Å²) in [6, 6.07) is 13.4. The van der Waals surface area contributed by atoms with Gasteiger partial charge >= 0.3 is 11.7 Å². The minimum atomic E-state index is -0.367. The second-order valence-electron chi connectivity index (χ2n) is 7.12. The van der Waals surface area contributed by atoms with Gasteiger partial charge in [0.05, 0.1) is 20.1 Å². The minimum Gasteiger partial charge on any atom is -0.469 e. The lowest BCUT2D eigenvalue weighted by Gasteiger charge is -2.08. The predicted octanol–water partition coefficient (Wildman–Crippen LogP) is 2.20. The lowest BCUT2D eigenvalue weighted by molar-refractivity contribution is -0.139. The molecule has 2 heterocycles. The second-order valence-corrected chi connectivity index (χ2v) is 7.12. The molecule has 31 heavy (non-hydrogen) atoms. The SMILES string of the molecule is COC(=O)Cc1cccc(Cn2c(=O)[nH]c3c(N)nc(Cc4ccc(F)cc4)nc32)c1. The maximum Gasteiger partial charge on any atom is 0.328 e. The second kappa shape index (κ2) is 8.39. The number of methoxy groups -OCH3 is 1. The Morgan fingerprint density at radius 3 is 2.61 bits per heavy atom. The maximum absolute atomic E-state index is 13.2. The van der Waals surface area contributed by atoms with Crippen molar-refractivity contribution in [3.63, 3.8) is 0 Å². The molecule has 0 aliphatic rings. The van der Waals surface area contributed by atoms with Crippen molar-refractivity contribution in [3.05, 3.63) is 87.3 Å². The zero-order valence-corrected chi connectivity index (χ0v) is 16.8. The lowest BCUT2D eigenvalue weighted by atomic mass is 10.1. The van der Waals surface area contributed by atoms with Crippen molar-refractivity contribution in [2.24, 2.45) is 0 Å². The molecule has 8 nitrogen and oxygen atoms in total. The molecule has 0 spiro atoms. The average Bonchev–Trinajstić information content (AvgIpc) is 3.06. The number of imidazole rings is 1. The van der Waals surface area contributed by atoms with Crippen LogP contribution in [-0.4, -0.2) is 32.6 Å². The Morgan fingerprint density at radius 1 is 1.13 bits per heavy atom. The summed E-state index contributed by atoms with van der Waals surface area (Å²) in [5, 5.41) is 0. The first-order valence-electron chi connectivity index (χ1n) is 9.57. The van der Waals surface area contributed by atoms with E-state index in [0.717, 1.165) is 16.7 Å². The first-order valence-corrected chi connectivity index (χ1v) is 9.57. The number of nitrogens with two attached hydrogens (primary N) is 1. The molecule has 0 fully saturated rings. The number of hydrogen-bond donors (Lipinski definition) is 2. The normalized spacial score (nSPS) is 11.0. The van der Waals surface area contributed by atoms with Crippen molar-refractivity contribution in [2.75, 3.05) is 12.8 Å². The van der Waals surface area contributed by atoms with Crippen molar-refractivity contribution in [1.29, 1.82) is 0 Å². The van der Waals surface area contributed by atoms with Crippen LogP contribution < -0.4 is 11.4 Å². The molecular weight excluding hydrogens is 401 g/mol. The Morgan fingerprint density at radius 2 is 1.87 bits per heavy atom. The van der Waals surface area contributed by atoms with Crippen molar-refractivity contribution in [3.8, 4) is 0 Å². The Hall–Kier alpha value is -4.01. The molecular formula is C22H20FN5O3. The molecule has 3 N–H and O–H groups in total. The van der Waals surface area contributed by atoms with Gasteiger partial charge in [0, 0.05) is 6.42 Å². The quantitative estimate of drug-likeness (QED) is 0.461. The molecule has 0 atom stereocenters. The number of nitrogens with zero attached hydrogens (tertiary/aromatic N) is 3. The number of rotatable bonds is 6. The number of esters is 1. The van der Waals surface area contributed by atoms with E-state index < -0.39 is 0 Å². The molecule has 0 saturated carbocycles. The van der Waals surface area contributed by atoms with Gasteiger partial charge in [0.15, 0.2) is 11.5 Å². The average molecular weight is 421 g/mol. The van der Waals surface area contributed by atoms with Gasteiger partial charge < -0.3 is 15.5 Å². The number of carbonyl (C=O) groups excluding carboxylic acids is 1. The molecule has 4 aromatic rings. The number of aromatic nitrogens is 4. The largest absolute Gasteiger partial charge is 0.469 e. The van der Waals surface area contributed by atoms with Crippen LogP contribution in [-0.2, 0) is 28.9 Å². The van der Waals surface area contributed by atoms with Crippen molar-refractivity contribution in [2.45, 2.75) is 19.4 Å². The summed E-state index contributed by atoms with van der Waals surface area (Å²) in [6.45, 7) is 0.236. The van der Waals surface area contributed by atoms with Crippen LogP contribution in [0.5, 0.6) is 0 Å². The Labute approximate surface area is 176 Å². The van der Waals surface area contributed by atoms with Gasteiger partial charge in [-0.05, 0) is 28.8 Å². The number of carbonyl (C=O) groups is 1. The number of H-pyrrole nitrogens is 1. The number of benzene rings is 2. The summed E-state index contributed by atoms with van der Waals surface area (Å²) < 4.78 is 19.3. The van der Waals surface area contributed by atoms with Gasteiger partial charge in [0.25, 0.3) is 0 Å². The number of anilines is 1. The van der Waals surface area contributed by atoms with E-state index in [1.807, 2.05) is 24.3 Å². The van der Waals surface area contributed by atoms with Crippen molar-refractivity contribution >= 4 is 23.0 Å². The number of hydrogen-bond acceptors (Lipinski definition) is 6. The topological polar surface area (TPSA) is 116 Å². The van der Waals surface area contributed by atoms with Gasteiger partial charge in [-0.2, -0.15) is 0 Å². The highest BCUT2D eigenvalue weighted by molar-refractivity contribution is 5.81. The van der Waals surface area contributed by atoms with Gasteiger partial charge in [0.1, 0.15) is 17.2 Å². The van der Waals surface area contributed by atoms with E-state index >= 15 is 0 Å². The van der Waals surface area contributed by atoms with Crippen LogP contribution in [0.15, 0.2) is 53.3 Å². The molecule has 2 aromatic heterocycles. The van der Waals surface area contributed by atoms with Gasteiger partial charge in [0.2, 0.25) is 0 Å². The molecule has 0 aliphatic carbocycles. The van der Waals surface area contributed by atoms with Crippen LogP contribution in [0, 0.1) is 5.82 Å². The van der Waals surface area contributed by atoms with E-state index in [0.29, 0.717) is 23.4 Å². The molecule has 0 aliphatic heterocycles.